The second kappa shape index (κ2) is 9.49. The summed E-state index contributed by atoms with van der Waals surface area (Å²) in [5, 5.41) is 0. The number of carbonyl (C=O) groups is 1. The van der Waals surface area contributed by atoms with Crippen LogP contribution in [0.4, 0.5) is 5.69 Å². The number of likely N-dealkylation sites (N-methyl/N-ethyl adjacent to an activating group) is 1. The molecule has 7 nitrogen and oxygen atoms in total. The van der Waals surface area contributed by atoms with Crippen molar-refractivity contribution >= 4 is 21.6 Å². The fourth-order valence-electron chi connectivity index (χ4n) is 3.56. The molecule has 162 valence electrons. The Morgan fingerprint density at radius 1 is 1.03 bits per heavy atom. The molecule has 0 aromatic heterocycles. The highest BCUT2D eigenvalue weighted by atomic mass is 32.2. The molecule has 8 heteroatoms. The third-order valence-corrected chi connectivity index (χ3v) is 7.32. The van der Waals surface area contributed by atoms with Gasteiger partial charge in [-0.25, -0.2) is 8.42 Å². The van der Waals surface area contributed by atoms with Crippen LogP contribution in [0.5, 0.6) is 5.75 Å². The van der Waals surface area contributed by atoms with Crippen LogP contribution >= 0.6 is 0 Å². The maximum atomic E-state index is 12.9. The molecule has 0 atom stereocenters. The Labute approximate surface area is 178 Å². The molecule has 0 aliphatic carbocycles. The lowest BCUT2D eigenvalue weighted by Gasteiger charge is -2.37. The predicted octanol–water partition coefficient (Wildman–Crippen LogP) is 2.36. The Bertz CT molecular complexity index is 968. The van der Waals surface area contributed by atoms with Crippen LogP contribution in [0.25, 0.3) is 0 Å². The third kappa shape index (κ3) is 4.76. The van der Waals surface area contributed by atoms with Crippen molar-refractivity contribution in [3.05, 3.63) is 54.1 Å². The van der Waals surface area contributed by atoms with Crippen LogP contribution in [-0.2, 0) is 14.8 Å². The minimum atomic E-state index is -3.71. The molecule has 2 aromatic rings. The second-order valence-electron chi connectivity index (χ2n) is 7.28. The molecular formula is C22H29N3O4S. The number of sulfonamides is 1. The molecule has 1 fully saturated rings. The molecular weight excluding hydrogens is 402 g/mol. The van der Waals surface area contributed by atoms with E-state index in [-0.39, 0.29) is 23.9 Å². The molecule has 1 aliphatic rings. The zero-order chi connectivity index (χ0) is 21.7. The van der Waals surface area contributed by atoms with E-state index < -0.39 is 10.0 Å². The maximum Gasteiger partial charge on any atom is 0.243 e. The molecule has 0 radical (unpaired) electrons. The van der Waals surface area contributed by atoms with Crippen LogP contribution in [0.3, 0.4) is 0 Å². The lowest BCUT2D eigenvalue weighted by molar-refractivity contribution is -0.131. The van der Waals surface area contributed by atoms with E-state index >= 15 is 0 Å². The highest BCUT2D eigenvalue weighted by molar-refractivity contribution is 7.89. The average molecular weight is 432 g/mol. The Morgan fingerprint density at radius 3 is 2.27 bits per heavy atom. The minimum Gasteiger partial charge on any atom is -0.495 e. The number of carbonyl (C=O) groups excluding carboxylic acids is 1. The lowest BCUT2D eigenvalue weighted by atomic mass is 10.2. The molecule has 2 aromatic carbocycles. The number of anilines is 1. The summed E-state index contributed by atoms with van der Waals surface area (Å²) in [7, 11) is -2.06. The normalized spacial score (nSPS) is 14.8. The van der Waals surface area contributed by atoms with Gasteiger partial charge in [0.05, 0.1) is 24.2 Å². The van der Waals surface area contributed by atoms with Gasteiger partial charge in [-0.05, 0) is 31.2 Å². The van der Waals surface area contributed by atoms with Crippen LogP contribution in [0.1, 0.15) is 12.5 Å². The Balaban J connectivity index is 1.64. The second-order valence-corrected chi connectivity index (χ2v) is 9.22. The van der Waals surface area contributed by atoms with Gasteiger partial charge in [0.15, 0.2) is 0 Å². The topological polar surface area (TPSA) is 70.2 Å². The van der Waals surface area contributed by atoms with Gasteiger partial charge in [-0.3, -0.25) is 4.79 Å². The molecule has 1 heterocycles. The van der Waals surface area contributed by atoms with Crippen LogP contribution < -0.4 is 9.64 Å². The van der Waals surface area contributed by atoms with E-state index in [0.29, 0.717) is 26.2 Å². The zero-order valence-electron chi connectivity index (χ0n) is 17.7. The van der Waals surface area contributed by atoms with Crippen molar-refractivity contribution in [2.75, 3.05) is 51.3 Å². The minimum absolute atomic E-state index is 0.151. The average Bonchev–Trinajstić information content (AvgIpc) is 2.77. The number of rotatable bonds is 7. The molecule has 0 bridgehead atoms. The van der Waals surface area contributed by atoms with E-state index in [1.165, 1.54) is 4.31 Å². The van der Waals surface area contributed by atoms with Crippen molar-refractivity contribution in [3.8, 4) is 5.75 Å². The molecule has 0 spiro atoms. The van der Waals surface area contributed by atoms with Gasteiger partial charge in [-0.15, -0.1) is 0 Å². The summed E-state index contributed by atoms with van der Waals surface area (Å²) in [5.41, 5.74) is 1.99. The van der Waals surface area contributed by atoms with Crippen molar-refractivity contribution in [2.24, 2.45) is 0 Å². The first kappa shape index (κ1) is 22.1. The van der Waals surface area contributed by atoms with Crippen LogP contribution in [-0.4, -0.2) is 69.9 Å². The Morgan fingerprint density at radius 2 is 1.67 bits per heavy atom. The monoisotopic (exact) mass is 431 g/mol. The first-order valence-corrected chi connectivity index (χ1v) is 11.5. The summed E-state index contributed by atoms with van der Waals surface area (Å²) in [6.07, 6.45) is 0. The van der Waals surface area contributed by atoms with Crippen LogP contribution in [0.2, 0.25) is 0 Å². The molecule has 0 unspecified atom stereocenters. The van der Waals surface area contributed by atoms with E-state index in [9.17, 15) is 13.2 Å². The molecule has 3 rings (SSSR count). The van der Waals surface area contributed by atoms with Gasteiger partial charge in [0.1, 0.15) is 5.75 Å². The number of nitrogens with zero attached hydrogens (tertiary/aromatic N) is 3. The molecule has 1 saturated heterocycles. The number of para-hydroxylation sites is 2. The van der Waals surface area contributed by atoms with E-state index in [0.717, 1.165) is 17.0 Å². The number of aryl methyl sites for hydroxylation is 1. The van der Waals surface area contributed by atoms with Crippen molar-refractivity contribution < 1.29 is 17.9 Å². The van der Waals surface area contributed by atoms with Gasteiger partial charge in [0.2, 0.25) is 15.9 Å². The number of hydrogen-bond acceptors (Lipinski definition) is 5. The number of hydrogen-bond donors (Lipinski definition) is 0. The van der Waals surface area contributed by atoms with Crippen molar-refractivity contribution in [1.29, 1.82) is 0 Å². The van der Waals surface area contributed by atoms with E-state index in [1.54, 1.807) is 43.2 Å². The van der Waals surface area contributed by atoms with Crippen molar-refractivity contribution in [3.63, 3.8) is 0 Å². The van der Waals surface area contributed by atoms with E-state index in [4.69, 9.17) is 4.74 Å². The molecule has 0 N–H and O–H groups in total. The van der Waals surface area contributed by atoms with Gasteiger partial charge >= 0.3 is 0 Å². The first-order chi connectivity index (χ1) is 14.4. The summed E-state index contributed by atoms with van der Waals surface area (Å²) in [6, 6.07) is 14.5. The largest absolute Gasteiger partial charge is 0.495 e. The summed E-state index contributed by atoms with van der Waals surface area (Å²) in [5.74, 6) is 0.630. The number of piperazine rings is 1. The van der Waals surface area contributed by atoms with Crippen LogP contribution in [0, 0.1) is 6.92 Å². The SMILES string of the molecule is CCN(CC(=O)N1CCN(c2ccccc2OC)CC1)S(=O)(=O)c1ccc(C)cc1. The predicted molar refractivity (Wildman–Crippen MR) is 117 cm³/mol. The molecule has 1 aliphatic heterocycles. The highest BCUT2D eigenvalue weighted by Crippen LogP contribution is 2.28. The van der Waals surface area contributed by atoms with Crippen molar-refractivity contribution in [1.82, 2.24) is 9.21 Å². The highest BCUT2D eigenvalue weighted by Gasteiger charge is 2.29. The van der Waals surface area contributed by atoms with Crippen LogP contribution in [0.15, 0.2) is 53.4 Å². The summed E-state index contributed by atoms with van der Waals surface area (Å²) in [4.78, 5) is 17.0. The standard InChI is InChI=1S/C22H29N3O4S/c1-4-25(30(27,28)19-11-9-18(2)10-12-19)17-22(26)24-15-13-23(14-16-24)20-7-5-6-8-21(20)29-3/h5-12H,4,13-17H2,1-3H3. The zero-order valence-corrected chi connectivity index (χ0v) is 18.6. The fraction of sp³-hybridized carbons (Fsp3) is 0.409. The molecule has 0 saturated carbocycles. The van der Waals surface area contributed by atoms with E-state index in [2.05, 4.69) is 4.90 Å². The summed E-state index contributed by atoms with van der Waals surface area (Å²) >= 11 is 0. The smallest absolute Gasteiger partial charge is 0.243 e. The Kier molecular flexibility index (Phi) is 6.99. The van der Waals surface area contributed by atoms with Gasteiger partial charge in [0.25, 0.3) is 0 Å². The number of ether oxygens (including phenoxy) is 1. The summed E-state index contributed by atoms with van der Waals surface area (Å²) in [6.45, 7) is 6.16. The third-order valence-electron chi connectivity index (χ3n) is 5.38. The molecule has 1 amide bonds. The van der Waals surface area contributed by atoms with Gasteiger partial charge < -0.3 is 14.5 Å². The number of benzene rings is 2. The van der Waals surface area contributed by atoms with Gasteiger partial charge in [0, 0.05) is 32.7 Å². The number of methoxy groups -OCH3 is 1. The quantitative estimate of drug-likeness (QED) is 0.673. The maximum absolute atomic E-state index is 12.9. The van der Waals surface area contributed by atoms with Gasteiger partial charge in [-0.1, -0.05) is 36.8 Å². The lowest BCUT2D eigenvalue weighted by Crippen LogP contribution is -2.51. The van der Waals surface area contributed by atoms with E-state index in [1.807, 2.05) is 31.2 Å². The van der Waals surface area contributed by atoms with Gasteiger partial charge in [-0.2, -0.15) is 4.31 Å². The van der Waals surface area contributed by atoms with Crippen molar-refractivity contribution in [2.45, 2.75) is 18.7 Å². The Hall–Kier alpha value is -2.58. The first-order valence-electron chi connectivity index (χ1n) is 10.1. The fourth-order valence-corrected chi connectivity index (χ4v) is 4.96. The molecule has 30 heavy (non-hydrogen) atoms. The summed E-state index contributed by atoms with van der Waals surface area (Å²) < 4.78 is 32.5. The number of amides is 1.